The lowest BCUT2D eigenvalue weighted by atomic mass is 10.1. The van der Waals surface area contributed by atoms with Gasteiger partial charge in [0.25, 0.3) is 0 Å². The van der Waals surface area contributed by atoms with Crippen LogP contribution in [0.4, 0.5) is 0 Å². The summed E-state index contributed by atoms with van der Waals surface area (Å²) in [5, 5.41) is 17.5. The first-order valence-corrected chi connectivity index (χ1v) is 4.55. The van der Waals surface area contributed by atoms with E-state index in [0.29, 0.717) is 15.6 Å². The first-order valence-electron chi connectivity index (χ1n) is 3.76. The highest BCUT2D eigenvalue weighted by molar-refractivity contribution is 9.10. The minimum Gasteiger partial charge on any atom is -0.478 e. The molecule has 0 bridgehead atoms. The van der Waals surface area contributed by atoms with E-state index < -0.39 is 5.97 Å². The van der Waals surface area contributed by atoms with Crippen molar-refractivity contribution in [3.63, 3.8) is 0 Å². The Morgan fingerprint density at radius 1 is 1.64 bits per heavy atom. The van der Waals surface area contributed by atoms with Crippen molar-refractivity contribution in [3.05, 3.63) is 33.3 Å². The normalized spacial score (nSPS) is 9.50. The van der Waals surface area contributed by atoms with E-state index in [1.165, 1.54) is 6.07 Å². The van der Waals surface area contributed by atoms with Crippen LogP contribution in [0.3, 0.4) is 0 Å². The van der Waals surface area contributed by atoms with Crippen LogP contribution in [0.25, 0.3) is 0 Å². The van der Waals surface area contributed by atoms with Crippen molar-refractivity contribution < 1.29 is 9.90 Å². The fourth-order valence-electron chi connectivity index (χ4n) is 1.05. The molecule has 0 aliphatic carbocycles. The van der Waals surface area contributed by atoms with Crippen molar-refractivity contribution in [2.45, 2.75) is 6.54 Å². The van der Waals surface area contributed by atoms with Gasteiger partial charge in [0.05, 0.1) is 17.2 Å². The Kier molecular flexibility index (Phi) is 3.23. The van der Waals surface area contributed by atoms with Crippen molar-refractivity contribution >= 4 is 21.9 Å². The lowest BCUT2D eigenvalue weighted by Crippen LogP contribution is -2.04. The molecule has 0 amide bonds. The van der Waals surface area contributed by atoms with E-state index >= 15 is 0 Å². The standard InChI is InChI=1S/C9H7BrN2O2/c10-8-2-6(4-12)5(3-11)1-7(8)9(13)14/h1-2H,4,12H2,(H,13,14). The van der Waals surface area contributed by atoms with Gasteiger partial charge in [-0.3, -0.25) is 0 Å². The maximum Gasteiger partial charge on any atom is 0.336 e. The predicted molar refractivity (Wildman–Crippen MR) is 53.7 cm³/mol. The fourth-order valence-corrected chi connectivity index (χ4v) is 1.61. The molecule has 72 valence electrons. The monoisotopic (exact) mass is 254 g/mol. The van der Waals surface area contributed by atoms with Gasteiger partial charge in [-0.2, -0.15) is 5.26 Å². The van der Waals surface area contributed by atoms with Gasteiger partial charge in [-0.25, -0.2) is 4.79 Å². The molecule has 3 N–H and O–H groups in total. The van der Waals surface area contributed by atoms with Crippen LogP contribution in [-0.2, 0) is 6.54 Å². The Hall–Kier alpha value is -1.38. The van der Waals surface area contributed by atoms with Crippen molar-refractivity contribution in [2.75, 3.05) is 0 Å². The molecule has 0 radical (unpaired) electrons. The molecule has 4 nitrogen and oxygen atoms in total. The van der Waals surface area contributed by atoms with E-state index in [0.717, 1.165) is 0 Å². The highest BCUT2D eigenvalue weighted by Crippen LogP contribution is 2.21. The second kappa shape index (κ2) is 4.22. The number of benzene rings is 1. The maximum atomic E-state index is 10.7. The third kappa shape index (κ3) is 1.92. The molecule has 0 fully saturated rings. The molecule has 1 rings (SSSR count). The molecular weight excluding hydrogens is 248 g/mol. The minimum absolute atomic E-state index is 0.0683. The van der Waals surface area contributed by atoms with Crippen LogP contribution in [0.1, 0.15) is 21.5 Å². The summed E-state index contributed by atoms with van der Waals surface area (Å²) in [5.74, 6) is -1.07. The number of halogens is 1. The van der Waals surface area contributed by atoms with Crippen molar-refractivity contribution in [1.82, 2.24) is 0 Å². The number of rotatable bonds is 2. The van der Waals surface area contributed by atoms with E-state index in [1.807, 2.05) is 6.07 Å². The van der Waals surface area contributed by atoms with Crippen LogP contribution in [0.15, 0.2) is 16.6 Å². The molecule has 0 aliphatic heterocycles. The topological polar surface area (TPSA) is 87.1 Å². The molecule has 0 spiro atoms. The van der Waals surface area contributed by atoms with Gasteiger partial charge in [0.15, 0.2) is 0 Å². The molecule has 14 heavy (non-hydrogen) atoms. The van der Waals surface area contributed by atoms with E-state index in [2.05, 4.69) is 15.9 Å². The van der Waals surface area contributed by atoms with Crippen LogP contribution in [-0.4, -0.2) is 11.1 Å². The van der Waals surface area contributed by atoms with Crippen molar-refractivity contribution in [3.8, 4) is 6.07 Å². The molecule has 0 unspecified atom stereocenters. The number of nitrogens with two attached hydrogens (primary N) is 1. The Morgan fingerprint density at radius 2 is 2.29 bits per heavy atom. The van der Waals surface area contributed by atoms with Crippen LogP contribution < -0.4 is 5.73 Å². The Labute approximate surface area is 89.1 Å². The second-order valence-corrected chi connectivity index (χ2v) is 3.46. The number of carbonyl (C=O) groups is 1. The average Bonchev–Trinajstić information content (AvgIpc) is 2.16. The van der Waals surface area contributed by atoms with E-state index in [9.17, 15) is 4.79 Å². The van der Waals surface area contributed by atoms with Gasteiger partial charge in [-0.15, -0.1) is 0 Å². The summed E-state index contributed by atoms with van der Waals surface area (Å²) >= 11 is 3.11. The van der Waals surface area contributed by atoms with Gasteiger partial charge in [-0.05, 0) is 33.6 Å². The lowest BCUT2D eigenvalue weighted by Gasteiger charge is -2.04. The third-order valence-corrected chi connectivity index (χ3v) is 2.42. The zero-order valence-electron chi connectivity index (χ0n) is 7.12. The van der Waals surface area contributed by atoms with E-state index in [1.54, 1.807) is 6.07 Å². The number of carboxylic acid groups (broad SMARTS) is 1. The van der Waals surface area contributed by atoms with Crippen LogP contribution in [0.2, 0.25) is 0 Å². The number of nitrogens with zero attached hydrogens (tertiary/aromatic N) is 1. The van der Waals surface area contributed by atoms with Gasteiger partial charge in [0, 0.05) is 11.0 Å². The SMILES string of the molecule is N#Cc1cc(C(=O)O)c(Br)cc1CN. The van der Waals surface area contributed by atoms with Crippen LogP contribution in [0, 0.1) is 11.3 Å². The summed E-state index contributed by atoms with van der Waals surface area (Å²) in [6, 6.07) is 4.78. The quantitative estimate of drug-likeness (QED) is 0.837. The van der Waals surface area contributed by atoms with Crippen molar-refractivity contribution in [1.29, 1.82) is 5.26 Å². The number of aromatic carboxylic acids is 1. The van der Waals surface area contributed by atoms with Crippen LogP contribution >= 0.6 is 15.9 Å². The zero-order chi connectivity index (χ0) is 10.7. The third-order valence-electron chi connectivity index (χ3n) is 1.76. The summed E-state index contributed by atoms with van der Waals surface area (Å²) < 4.78 is 0.435. The first-order chi connectivity index (χ1) is 6.60. The summed E-state index contributed by atoms with van der Waals surface area (Å²) in [7, 11) is 0. The predicted octanol–water partition coefficient (Wildman–Crippen LogP) is 1.48. The number of nitriles is 1. The van der Waals surface area contributed by atoms with Gasteiger partial charge in [-0.1, -0.05) is 0 Å². The zero-order valence-corrected chi connectivity index (χ0v) is 8.71. The summed E-state index contributed by atoms with van der Waals surface area (Å²) in [6.45, 7) is 0.210. The summed E-state index contributed by atoms with van der Waals surface area (Å²) in [4.78, 5) is 10.7. The molecule has 0 saturated carbocycles. The number of hydrogen-bond donors (Lipinski definition) is 2. The average molecular weight is 255 g/mol. The summed E-state index contributed by atoms with van der Waals surface area (Å²) in [5.41, 5.74) is 6.40. The molecule has 0 aliphatic rings. The summed E-state index contributed by atoms with van der Waals surface area (Å²) in [6.07, 6.45) is 0. The lowest BCUT2D eigenvalue weighted by molar-refractivity contribution is 0.0696. The highest BCUT2D eigenvalue weighted by Gasteiger charge is 2.12. The second-order valence-electron chi connectivity index (χ2n) is 2.61. The molecule has 5 heteroatoms. The molecule has 0 atom stereocenters. The molecular formula is C9H7BrN2O2. The Bertz CT molecular complexity index is 424. The van der Waals surface area contributed by atoms with Gasteiger partial charge in [0.2, 0.25) is 0 Å². The minimum atomic E-state index is -1.07. The van der Waals surface area contributed by atoms with Gasteiger partial charge >= 0.3 is 5.97 Å². The molecule has 0 aromatic heterocycles. The number of carboxylic acids is 1. The van der Waals surface area contributed by atoms with Gasteiger partial charge in [0.1, 0.15) is 0 Å². The molecule has 0 saturated heterocycles. The Balaban J connectivity index is 3.40. The highest BCUT2D eigenvalue weighted by atomic mass is 79.9. The van der Waals surface area contributed by atoms with E-state index in [4.69, 9.17) is 16.1 Å². The van der Waals surface area contributed by atoms with E-state index in [-0.39, 0.29) is 12.1 Å². The van der Waals surface area contributed by atoms with Crippen molar-refractivity contribution in [2.24, 2.45) is 5.73 Å². The first kappa shape index (κ1) is 10.7. The van der Waals surface area contributed by atoms with Crippen LogP contribution in [0.5, 0.6) is 0 Å². The number of hydrogen-bond acceptors (Lipinski definition) is 3. The Morgan fingerprint density at radius 3 is 2.71 bits per heavy atom. The largest absolute Gasteiger partial charge is 0.478 e. The fraction of sp³-hybridized carbons (Fsp3) is 0.111. The van der Waals surface area contributed by atoms with Gasteiger partial charge < -0.3 is 10.8 Å². The molecule has 1 aromatic rings. The molecule has 1 aromatic carbocycles. The smallest absolute Gasteiger partial charge is 0.336 e. The molecule has 0 heterocycles. The maximum absolute atomic E-state index is 10.7.